The lowest BCUT2D eigenvalue weighted by atomic mass is 10.1. The van der Waals surface area contributed by atoms with Gasteiger partial charge in [-0.05, 0) is 55.6 Å². The Balaban J connectivity index is 3.04. The second-order valence-corrected chi connectivity index (χ2v) is 4.94. The average Bonchev–Trinajstić information content (AvgIpc) is 2.03. The second kappa shape index (κ2) is 4.44. The van der Waals surface area contributed by atoms with Crippen molar-refractivity contribution >= 4 is 37.9 Å². The maximum atomic E-state index is 8.60. The van der Waals surface area contributed by atoms with Crippen LogP contribution in [0.1, 0.15) is 11.1 Å². The molecule has 0 unspecified atom stereocenters. The fourth-order valence-corrected chi connectivity index (χ4v) is 1.35. The van der Waals surface area contributed by atoms with Crippen molar-refractivity contribution in [2.45, 2.75) is 0 Å². The molecule has 1 nitrogen and oxygen atoms in total. The van der Waals surface area contributed by atoms with Gasteiger partial charge in [0.25, 0.3) is 0 Å². The van der Waals surface area contributed by atoms with Gasteiger partial charge in [-0.1, -0.05) is 12.1 Å². The minimum absolute atomic E-state index is 0.671. The smallest absolute Gasteiger partial charge is 0.0991 e. The number of nitriles is 1. The highest BCUT2D eigenvalue weighted by atomic mass is 79.9. The largest absolute Gasteiger partial charge is 0.192 e. The summed E-state index contributed by atoms with van der Waals surface area (Å²) in [5.74, 6) is 0. The first-order chi connectivity index (χ1) is 5.72. The van der Waals surface area contributed by atoms with E-state index in [0.29, 0.717) is 5.56 Å². The Bertz CT molecular complexity index is 346. The van der Waals surface area contributed by atoms with Gasteiger partial charge in [-0.2, -0.15) is 5.26 Å². The maximum absolute atomic E-state index is 8.60. The molecule has 1 aromatic carbocycles. The van der Waals surface area contributed by atoms with E-state index in [1.165, 1.54) is 0 Å². The first kappa shape index (κ1) is 9.50. The van der Waals surface area contributed by atoms with E-state index >= 15 is 0 Å². The van der Waals surface area contributed by atoms with Crippen LogP contribution < -0.4 is 0 Å². The van der Waals surface area contributed by atoms with Crippen molar-refractivity contribution in [3.63, 3.8) is 0 Å². The third kappa shape index (κ3) is 2.80. The monoisotopic (exact) mass is 285 g/mol. The lowest BCUT2D eigenvalue weighted by molar-refractivity contribution is 1.48. The Morgan fingerprint density at radius 1 is 1.42 bits per heavy atom. The van der Waals surface area contributed by atoms with Gasteiger partial charge < -0.3 is 0 Å². The zero-order valence-corrected chi connectivity index (χ0v) is 9.26. The molecule has 0 spiro atoms. The van der Waals surface area contributed by atoms with Crippen LogP contribution in [0.15, 0.2) is 27.7 Å². The topological polar surface area (TPSA) is 23.8 Å². The van der Waals surface area contributed by atoms with Crippen molar-refractivity contribution < 1.29 is 0 Å². The molecule has 0 atom stereocenters. The van der Waals surface area contributed by atoms with Crippen LogP contribution in [0.5, 0.6) is 0 Å². The normalized spacial score (nSPS) is 8.75. The Morgan fingerprint density at radius 2 is 2.17 bits per heavy atom. The van der Waals surface area contributed by atoms with Crippen LogP contribution in [0.3, 0.4) is 0 Å². The molecular weight excluding hydrogens is 282 g/mol. The van der Waals surface area contributed by atoms with Crippen molar-refractivity contribution in [1.82, 2.24) is 0 Å². The molecule has 3 heteroatoms. The minimum atomic E-state index is 0.671. The van der Waals surface area contributed by atoms with Crippen LogP contribution in [-0.4, -0.2) is 0 Å². The zero-order chi connectivity index (χ0) is 8.97. The van der Waals surface area contributed by atoms with Crippen molar-refractivity contribution in [2.24, 2.45) is 0 Å². The molecule has 60 valence electrons. The van der Waals surface area contributed by atoms with Crippen LogP contribution in [0, 0.1) is 11.3 Å². The van der Waals surface area contributed by atoms with Crippen molar-refractivity contribution in [3.8, 4) is 6.07 Å². The molecule has 0 N–H and O–H groups in total. The lowest BCUT2D eigenvalue weighted by Crippen LogP contribution is -1.75. The molecule has 0 aliphatic heterocycles. The maximum Gasteiger partial charge on any atom is 0.0991 e. The molecule has 0 bridgehead atoms. The summed E-state index contributed by atoms with van der Waals surface area (Å²) in [5, 5.41) is 8.60. The summed E-state index contributed by atoms with van der Waals surface area (Å²) < 4.78 is 0.866. The molecule has 0 aliphatic carbocycles. The summed E-state index contributed by atoms with van der Waals surface area (Å²) >= 11 is 6.50. The summed E-state index contributed by atoms with van der Waals surface area (Å²) in [6, 6.07) is 9.47. The second-order valence-electron chi connectivity index (χ2n) is 2.17. The van der Waals surface area contributed by atoms with Gasteiger partial charge in [0.15, 0.2) is 0 Å². The Labute approximate surface area is 88.0 Å². The summed E-state index contributed by atoms with van der Waals surface area (Å²) in [6.45, 7) is 0. The third-order valence-electron chi connectivity index (χ3n) is 1.29. The number of rotatable bonds is 1. The van der Waals surface area contributed by atoms with E-state index in [1.54, 1.807) is 6.07 Å². The van der Waals surface area contributed by atoms with Crippen molar-refractivity contribution in [1.29, 1.82) is 5.26 Å². The van der Waals surface area contributed by atoms with E-state index in [-0.39, 0.29) is 0 Å². The summed E-state index contributed by atoms with van der Waals surface area (Å²) in [5.41, 5.74) is 1.67. The van der Waals surface area contributed by atoms with E-state index in [4.69, 9.17) is 5.26 Å². The molecule has 0 radical (unpaired) electrons. The SMILES string of the molecule is N#Cc1cccc(C=C(Br)Br)c1. The molecule has 0 saturated carbocycles. The van der Waals surface area contributed by atoms with Gasteiger partial charge in [0.2, 0.25) is 0 Å². The highest BCUT2D eigenvalue weighted by molar-refractivity contribution is 9.28. The van der Waals surface area contributed by atoms with Crippen LogP contribution >= 0.6 is 31.9 Å². The number of hydrogen-bond donors (Lipinski definition) is 0. The summed E-state index contributed by atoms with van der Waals surface area (Å²) in [7, 11) is 0. The average molecular weight is 287 g/mol. The van der Waals surface area contributed by atoms with Gasteiger partial charge in [0, 0.05) is 0 Å². The Kier molecular flexibility index (Phi) is 3.51. The molecule has 0 amide bonds. The van der Waals surface area contributed by atoms with E-state index in [2.05, 4.69) is 37.9 Å². The molecule has 0 fully saturated rings. The first-order valence-corrected chi connectivity index (χ1v) is 4.84. The molecule has 0 heterocycles. The van der Waals surface area contributed by atoms with Crippen LogP contribution in [0.25, 0.3) is 6.08 Å². The van der Waals surface area contributed by atoms with Gasteiger partial charge >= 0.3 is 0 Å². The van der Waals surface area contributed by atoms with E-state index in [0.717, 1.165) is 8.96 Å². The van der Waals surface area contributed by atoms with E-state index in [9.17, 15) is 0 Å². The highest BCUT2D eigenvalue weighted by Crippen LogP contribution is 2.18. The van der Waals surface area contributed by atoms with Crippen LogP contribution in [0.2, 0.25) is 0 Å². The lowest BCUT2D eigenvalue weighted by Gasteiger charge is -1.93. The van der Waals surface area contributed by atoms with Gasteiger partial charge in [-0.3, -0.25) is 0 Å². The Hall–Kier alpha value is -0.590. The predicted octanol–water partition coefficient (Wildman–Crippen LogP) is 3.65. The fourth-order valence-electron chi connectivity index (χ4n) is 0.824. The number of hydrogen-bond acceptors (Lipinski definition) is 1. The standard InChI is InChI=1S/C9H5Br2N/c10-9(11)5-7-2-1-3-8(4-7)6-12/h1-5H. The van der Waals surface area contributed by atoms with Gasteiger partial charge in [0.05, 0.1) is 15.0 Å². The molecule has 0 aliphatic rings. The van der Waals surface area contributed by atoms with Crippen molar-refractivity contribution in [2.75, 3.05) is 0 Å². The third-order valence-corrected chi connectivity index (χ3v) is 1.75. The van der Waals surface area contributed by atoms with Gasteiger partial charge in [-0.25, -0.2) is 0 Å². The van der Waals surface area contributed by atoms with Gasteiger partial charge in [0.1, 0.15) is 0 Å². The zero-order valence-electron chi connectivity index (χ0n) is 6.09. The molecule has 0 aromatic heterocycles. The summed E-state index contributed by atoms with van der Waals surface area (Å²) in [6.07, 6.45) is 1.89. The number of benzene rings is 1. The molecule has 0 saturated heterocycles. The van der Waals surface area contributed by atoms with Crippen LogP contribution in [-0.2, 0) is 0 Å². The summed E-state index contributed by atoms with van der Waals surface area (Å²) in [4.78, 5) is 0. The minimum Gasteiger partial charge on any atom is -0.192 e. The molecule has 1 aromatic rings. The highest BCUT2D eigenvalue weighted by Gasteiger charge is 1.91. The molecule has 1 rings (SSSR count). The van der Waals surface area contributed by atoms with E-state index in [1.807, 2.05) is 24.3 Å². The Morgan fingerprint density at radius 3 is 2.75 bits per heavy atom. The number of nitrogens with zero attached hydrogens (tertiary/aromatic N) is 1. The molecular formula is C9H5Br2N. The van der Waals surface area contributed by atoms with Gasteiger partial charge in [-0.15, -0.1) is 0 Å². The van der Waals surface area contributed by atoms with E-state index < -0.39 is 0 Å². The van der Waals surface area contributed by atoms with Crippen LogP contribution in [0.4, 0.5) is 0 Å². The molecule has 12 heavy (non-hydrogen) atoms. The fraction of sp³-hybridized carbons (Fsp3) is 0. The first-order valence-electron chi connectivity index (χ1n) is 3.25. The van der Waals surface area contributed by atoms with Crippen molar-refractivity contribution in [3.05, 3.63) is 38.8 Å². The quantitative estimate of drug-likeness (QED) is 0.773. The number of halogens is 2. The predicted molar refractivity (Wildman–Crippen MR) is 57.0 cm³/mol.